The molecular weight excluding hydrogens is 214 g/mol. The minimum absolute atomic E-state index is 0. The van der Waals surface area contributed by atoms with Gasteiger partial charge in [0.2, 0.25) is 0 Å². The number of rotatable bonds is 2. The Kier molecular flexibility index (Phi) is 4.12. The zero-order chi connectivity index (χ0) is 9.97. The molecule has 0 aromatic heterocycles. The van der Waals surface area contributed by atoms with E-state index in [-0.39, 0.29) is 24.4 Å². The van der Waals surface area contributed by atoms with Crippen LogP contribution in [0.5, 0.6) is 0 Å². The highest BCUT2D eigenvalue weighted by atomic mass is 35.5. The Morgan fingerprint density at radius 1 is 1.33 bits per heavy atom. The quantitative estimate of drug-likeness (QED) is 0.811. The standard InChI is InChI=1S/C11H13NO2.ClH/c13-11(14)9-6-10(12-7-9)8-4-2-1-3-5-8;/h1-5,9-10,12H,6-7H2,(H,13,14);1H. The summed E-state index contributed by atoms with van der Waals surface area (Å²) in [7, 11) is 0. The molecule has 0 bridgehead atoms. The Bertz CT molecular complexity index is 329. The summed E-state index contributed by atoms with van der Waals surface area (Å²) in [4.78, 5) is 10.7. The molecule has 0 amide bonds. The zero-order valence-corrected chi connectivity index (χ0v) is 9.04. The molecule has 2 rings (SSSR count). The maximum absolute atomic E-state index is 10.7. The molecule has 2 N–H and O–H groups in total. The van der Waals surface area contributed by atoms with E-state index in [1.807, 2.05) is 30.3 Å². The lowest BCUT2D eigenvalue weighted by molar-refractivity contribution is -0.141. The molecule has 15 heavy (non-hydrogen) atoms. The predicted octanol–water partition coefficient (Wildman–Crippen LogP) is 1.84. The van der Waals surface area contributed by atoms with Gasteiger partial charge in [0.1, 0.15) is 0 Å². The van der Waals surface area contributed by atoms with Gasteiger partial charge in [-0.1, -0.05) is 30.3 Å². The largest absolute Gasteiger partial charge is 0.481 e. The van der Waals surface area contributed by atoms with Crippen molar-refractivity contribution in [1.29, 1.82) is 0 Å². The molecule has 82 valence electrons. The van der Waals surface area contributed by atoms with Gasteiger partial charge in [-0.15, -0.1) is 12.4 Å². The summed E-state index contributed by atoms with van der Waals surface area (Å²) in [6.45, 7) is 0.578. The lowest BCUT2D eigenvalue weighted by Gasteiger charge is -2.09. The molecule has 0 aliphatic carbocycles. The van der Waals surface area contributed by atoms with E-state index in [0.717, 1.165) is 0 Å². The molecule has 2 unspecified atom stereocenters. The smallest absolute Gasteiger partial charge is 0.307 e. The summed E-state index contributed by atoms with van der Waals surface area (Å²) in [5.41, 5.74) is 1.18. The van der Waals surface area contributed by atoms with E-state index in [2.05, 4.69) is 5.32 Å². The van der Waals surface area contributed by atoms with Crippen LogP contribution in [0.15, 0.2) is 30.3 Å². The molecule has 1 aromatic carbocycles. The Morgan fingerprint density at radius 3 is 2.53 bits per heavy atom. The Balaban J connectivity index is 0.00000112. The molecule has 2 atom stereocenters. The van der Waals surface area contributed by atoms with Gasteiger partial charge in [0.05, 0.1) is 5.92 Å². The van der Waals surface area contributed by atoms with Crippen molar-refractivity contribution in [3.63, 3.8) is 0 Å². The summed E-state index contributed by atoms with van der Waals surface area (Å²) in [5, 5.41) is 12.1. The molecular formula is C11H14ClNO2. The van der Waals surface area contributed by atoms with E-state index in [1.54, 1.807) is 0 Å². The first-order valence-corrected chi connectivity index (χ1v) is 4.78. The van der Waals surface area contributed by atoms with Crippen molar-refractivity contribution in [3.8, 4) is 0 Å². The number of halogens is 1. The van der Waals surface area contributed by atoms with Crippen LogP contribution in [0.25, 0.3) is 0 Å². The fraction of sp³-hybridized carbons (Fsp3) is 0.364. The SMILES string of the molecule is Cl.O=C(O)C1CNC(c2ccccc2)C1. The van der Waals surface area contributed by atoms with Crippen molar-refractivity contribution < 1.29 is 9.90 Å². The first-order chi connectivity index (χ1) is 6.77. The van der Waals surface area contributed by atoms with Gasteiger partial charge >= 0.3 is 5.97 Å². The Hall–Kier alpha value is -1.06. The van der Waals surface area contributed by atoms with Gasteiger partial charge in [0.25, 0.3) is 0 Å². The third-order valence-electron chi connectivity index (χ3n) is 2.68. The Morgan fingerprint density at radius 2 is 2.00 bits per heavy atom. The van der Waals surface area contributed by atoms with Crippen LogP contribution in [0, 0.1) is 5.92 Å². The number of carboxylic acid groups (broad SMARTS) is 1. The van der Waals surface area contributed by atoms with Gasteiger partial charge in [-0.2, -0.15) is 0 Å². The topological polar surface area (TPSA) is 49.3 Å². The molecule has 1 saturated heterocycles. The maximum Gasteiger partial charge on any atom is 0.307 e. The lowest BCUT2D eigenvalue weighted by atomic mass is 10.0. The summed E-state index contributed by atoms with van der Waals surface area (Å²) in [6, 6.07) is 10.2. The summed E-state index contributed by atoms with van der Waals surface area (Å²) in [6.07, 6.45) is 0.694. The molecule has 1 fully saturated rings. The van der Waals surface area contributed by atoms with Gasteiger partial charge in [0.15, 0.2) is 0 Å². The van der Waals surface area contributed by atoms with Gasteiger partial charge in [-0.25, -0.2) is 0 Å². The third kappa shape index (κ3) is 2.70. The number of carboxylic acids is 1. The van der Waals surface area contributed by atoms with E-state index in [4.69, 9.17) is 5.11 Å². The van der Waals surface area contributed by atoms with Crippen molar-refractivity contribution in [3.05, 3.63) is 35.9 Å². The van der Waals surface area contributed by atoms with Crippen LogP contribution in [0.2, 0.25) is 0 Å². The second-order valence-corrected chi connectivity index (χ2v) is 3.64. The van der Waals surface area contributed by atoms with Gasteiger partial charge in [-0.3, -0.25) is 4.79 Å². The lowest BCUT2D eigenvalue weighted by Crippen LogP contribution is -2.17. The number of hydrogen-bond donors (Lipinski definition) is 2. The predicted molar refractivity (Wildman–Crippen MR) is 60.2 cm³/mol. The van der Waals surface area contributed by atoms with Crippen LogP contribution in [-0.2, 0) is 4.79 Å². The molecule has 0 spiro atoms. The monoisotopic (exact) mass is 227 g/mol. The van der Waals surface area contributed by atoms with Crippen molar-refractivity contribution >= 4 is 18.4 Å². The van der Waals surface area contributed by atoms with Crippen LogP contribution in [0.3, 0.4) is 0 Å². The van der Waals surface area contributed by atoms with Crippen LogP contribution < -0.4 is 5.32 Å². The van der Waals surface area contributed by atoms with E-state index in [1.165, 1.54) is 5.56 Å². The minimum Gasteiger partial charge on any atom is -0.481 e. The van der Waals surface area contributed by atoms with Gasteiger partial charge < -0.3 is 10.4 Å². The van der Waals surface area contributed by atoms with E-state index >= 15 is 0 Å². The fourth-order valence-electron chi connectivity index (χ4n) is 1.86. The van der Waals surface area contributed by atoms with E-state index in [9.17, 15) is 4.79 Å². The summed E-state index contributed by atoms with van der Waals surface area (Å²) in [5.74, 6) is -0.934. The number of nitrogens with one attached hydrogen (secondary N) is 1. The fourth-order valence-corrected chi connectivity index (χ4v) is 1.86. The van der Waals surface area contributed by atoms with Crippen molar-refractivity contribution in [2.75, 3.05) is 6.54 Å². The first kappa shape index (κ1) is 12.0. The molecule has 1 heterocycles. The van der Waals surface area contributed by atoms with Crippen LogP contribution in [0.1, 0.15) is 18.0 Å². The third-order valence-corrected chi connectivity index (χ3v) is 2.68. The zero-order valence-electron chi connectivity index (χ0n) is 8.22. The van der Waals surface area contributed by atoms with Crippen molar-refractivity contribution in [2.45, 2.75) is 12.5 Å². The van der Waals surface area contributed by atoms with Crippen molar-refractivity contribution in [2.24, 2.45) is 5.92 Å². The number of hydrogen-bond acceptors (Lipinski definition) is 2. The first-order valence-electron chi connectivity index (χ1n) is 4.78. The van der Waals surface area contributed by atoms with Crippen LogP contribution >= 0.6 is 12.4 Å². The van der Waals surface area contributed by atoms with Crippen LogP contribution in [-0.4, -0.2) is 17.6 Å². The molecule has 1 aromatic rings. The average Bonchev–Trinajstić information content (AvgIpc) is 2.68. The second kappa shape index (κ2) is 5.14. The maximum atomic E-state index is 10.7. The molecule has 1 aliphatic heterocycles. The molecule has 3 nitrogen and oxygen atoms in total. The highest BCUT2D eigenvalue weighted by molar-refractivity contribution is 5.85. The molecule has 4 heteroatoms. The molecule has 0 saturated carbocycles. The number of benzene rings is 1. The van der Waals surface area contributed by atoms with Crippen molar-refractivity contribution in [1.82, 2.24) is 5.32 Å². The number of carbonyl (C=O) groups is 1. The Labute approximate surface area is 94.9 Å². The number of aliphatic carboxylic acids is 1. The normalized spacial score (nSPS) is 24.5. The minimum atomic E-state index is -0.698. The van der Waals surface area contributed by atoms with E-state index in [0.29, 0.717) is 13.0 Å². The summed E-state index contributed by atoms with van der Waals surface area (Å²) < 4.78 is 0. The highest BCUT2D eigenvalue weighted by Gasteiger charge is 2.29. The average molecular weight is 228 g/mol. The highest BCUT2D eigenvalue weighted by Crippen LogP contribution is 2.26. The molecule has 1 aliphatic rings. The second-order valence-electron chi connectivity index (χ2n) is 3.64. The summed E-state index contributed by atoms with van der Waals surface area (Å²) >= 11 is 0. The van der Waals surface area contributed by atoms with E-state index < -0.39 is 5.97 Å². The van der Waals surface area contributed by atoms with Gasteiger partial charge in [0, 0.05) is 12.6 Å². The molecule has 0 radical (unpaired) electrons. The van der Waals surface area contributed by atoms with Gasteiger partial charge in [-0.05, 0) is 12.0 Å². The van der Waals surface area contributed by atoms with Crippen LogP contribution in [0.4, 0.5) is 0 Å².